The lowest BCUT2D eigenvalue weighted by Gasteiger charge is -2.08. The maximum Gasteiger partial charge on any atom is 0.333 e. The topological polar surface area (TPSA) is 90.1 Å². The van der Waals surface area contributed by atoms with Crippen molar-refractivity contribution in [2.24, 2.45) is 0 Å². The average molecular weight is 311 g/mol. The molecule has 0 fully saturated rings. The molecule has 0 saturated heterocycles. The highest BCUT2D eigenvalue weighted by Crippen LogP contribution is 2.20. The fraction of sp³-hybridized carbons (Fsp3) is 0.176. The molecule has 0 saturated carbocycles. The Morgan fingerprint density at radius 1 is 1.26 bits per heavy atom. The summed E-state index contributed by atoms with van der Waals surface area (Å²) < 4.78 is 6.42. The van der Waals surface area contributed by atoms with E-state index in [0.29, 0.717) is 23.1 Å². The van der Waals surface area contributed by atoms with Crippen LogP contribution in [0.25, 0.3) is 11.0 Å². The molecule has 6 nitrogen and oxygen atoms in total. The Hall–Kier alpha value is -3.02. The number of para-hydroxylation sites is 1. The Kier molecular flexibility index (Phi) is 3.89. The molecule has 23 heavy (non-hydrogen) atoms. The number of hydrogen-bond donors (Lipinski definition) is 2. The van der Waals surface area contributed by atoms with E-state index in [2.05, 4.69) is 4.98 Å². The van der Waals surface area contributed by atoms with E-state index in [4.69, 9.17) is 10.5 Å². The van der Waals surface area contributed by atoms with E-state index in [1.165, 1.54) is 0 Å². The number of H-pyrrole nitrogens is 1. The largest absolute Gasteiger partial charge is 0.496 e. The molecule has 0 atom stereocenters. The van der Waals surface area contributed by atoms with Gasteiger partial charge in [0.25, 0.3) is 0 Å². The lowest BCUT2D eigenvalue weighted by Crippen LogP contribution is -2.24. The van der Waals surface area contributed by atoms with Crippen LogP contribution in [0.15, 0.2) is 47.3 Å². The standard InChI is InChI=1S/C17H17N3O3/c1-23-15-5-3-2-4-11(15)6-9-16(21)20-14-10-12(18)7-8-13(14)19-17(20)22/h2-5,7-8,10H,6,9,18H2,1H3,(H,19,22). The molecular formula is C17H17N3O3. The van der Waals surface area contributed by atoms with Gasteiger partial charge in [-0.1, -0.05) is 18.2 Å². The molecule has 3 aromatic rings. The Morgan fingerprint density at radius 2 is 2.04 bits per heavy atom. The number of ether oxygens (including phenoxy) is 1. The highest BCUT2D eigenvalue weighted by Gasteiger charge is 2.15. The number of nitrogen functional groups attached to an aromatic ring is 1. The van der Waals surface area contributed by atoms with Gasteiger partial charge in [-0.3, -0.25) is 4.79 Å². The van der Waals surface area contributed by atoms with E-state index in [-0.39, 0.29) is 12.3 Å². The minimum absolute atomic E-state index is 0.196. The molecule has 0 radical (unpaired) electrons. The molecule has 2 aromatic carbocycles. The van der Waals surface area contributed by atoms with Gasteiger partial charge in [0, 0.05) is 12.1 Å². The zero-order valence-corrected chi connectivity index (χ0v) is 12.7. The number of carbonyl (C=O) groups is 1. The number of anilines is 1. The van der Waals surface area contributed by atoms with Crippen molar-refractivity contribution in [1.82, 2.24) is 9.55 Å². The van der Waals surface area contributed by atoms with Gasteiger partial charge in [-0.2, -0.15) is 0 Å². The fourth-order valence-corrected chi connectivity index (χ4v) is 2.63. The molecule has 3 N–H and O–H groups in total. The Labute approximate surface area is 132 Å². The van der Waals surface area contributed by atoms with Crippen LogP contribution in [-0.2, 0) is 6.42 Å². The van der Waals surface area contributed by atoms with E-state index < -0.39 is 5.69 Å². The van der Waals surface area contributed by atoms with Gasteiger partial charge < -0.3 is 15.5 Å². The summed E-state index contributed by atoms with van der Waals surface area (Å²) >= 11 is 0. The summed E-state index contributed by atoms with van der Waals surface area (Å²) in [6.07, 6.45) is 0.687. The predicted molar refractivity (Wildman–Crippen MR) is 88.9 cm³/mol. The maximum atomic E-state index is 12.5. The second-order valence-corrected chi connectivity index (χ2v) is 5.25. The average Bonchev–Trinajstić information content (AvgIpc) is 2.88. The first kappa shape index (κ1) is 14.9. The zero-order valence-electron chi connectivity index (χ0n) is 12.7. The maximum absolute atomic E-state index is 12.5. The van der Waals surface area contributed by atoms with Crippen LogP contribution in [0.2, 0.25) is 0 Å². The summed E-state index contributed by atoms with van der Waals surface area (Å²) in [7, 11) is 1.59. The van der Waals surface area contributed by atoms with Gasteiger partial charge in [0.1, 0.15) is 5.75 Å². The van der Waals surface area contributed by atoms with Gasteiger partial charge in [-0.05, 0) is 36.2 Å². The van der Waals surface area contributed by atoms with E-state index >= 15 is 0 Å². The number of nitrogens with two attached hydrogens (primary N) is 1. The number of benzene rings is 2. The third kappa shape index (κ3) is 2.83. The Bertz CT molecular complexity index is 924. The van der Waals surface area contributed by atoms with Crippen molar-refractivity contribution in [3.8, 4) is 5.75 Å². The number of aromatic amines is 1. The van der Waals surface area contributed by atoms with Gasteiger partial charge in [-0.25, -0.2) is 9.36 Å². The number of fused-ring (bicyclic) bond motifs is 1. The predicted octanol–water partition coefficient (Wildman–Crippen LogP) is 2.19. The minimum atomic E-state index is -0.448. The van der Waals surface area contributed by atoms with Gasteiger partial charge in [0.2, 0.25) is 5.91 Å². The van der Waals surface area contributed by atoms with Crippen molar-refractivity contribution in [1.29, 1.82) is 0 Å². The number of aryl methyl sites for hydroxylation is 1. The zero-order chi connectivity index (χ0) is 16.4. The number of aromatic nitrogens is 2. The van der Waals surface area contributed by atoms with Crippen LogP contribution in [0, 0.1) is 0 Å². The summed E-state index contributed by atoms with van der Waals surface area (Å²) in [5, 5.41) is 0. The smallest absolute Gasteiger partial charge is 0.333 e. The molecule has 118 valence electrons. The third-order valence-electron chi connectivity index (χ3n) is 3.76. The van der Waals surface area contributed by atoms with Crippen LogP contribution in [-0.4, -0.2) is 22.6 Å². The van der Waals surface area contributed by atoms with Crippen molar-refractivity contribution in [2.45, 2.75) is 12.8 Å². The summed E-state index contributed by atoms with van der Waals surface area (Å²) in [5.41, 5.74) is 7.82. The number of nitrogens with one attached hydrogen (secondary N) is 1. The molecule has 0 aliphatic heterocycles. The van der Waals surface area contributed by atoms with Crippen LogP contribution in [0.3, 0.4) is 0 Å². The van der Waals surface area contributed by atoms with Gasteiger partial charge in [0.15, 0.2) is 0 Å². The number of rotatable bonds is 4. The lowest BCUT2D eigenvalue weighted by molar-refractivity contribution is 0.0904. The van der Waals surface area contributed by atoms with Crippen LogP contribution in [0.4, 0.5) is 5.69 Å². The second-order valence-electron chi connectivity index (χ2n) is 5.25. The van der Waals surface area contributed by atoms with Crippen molar-refractivity contribution in [3.05, 3.63) is 58.5 Å². The molecule has 1 heterocycles. The first-order valence-electron chi connectivity index (χ1n) is 7.25. The molecule has 0 spiro atoms. The lowest BCUT2D eigenvalue weighted by atomic mass is 10.1. The van der Waals surface area contributed by atoms with Crippen molar-refractivity contribution < 1.29 is 9.53 Å². The van der Waals surface area contributed by atoms with E-state index in [1.807, 2.05) is 24.3 Å². The van der Waals surface area contributed by atoms with Gasteiger partial charge in [0.05, 0.1) is 18.1 Å². The monoisotopic (exact) mass is 311 g/mol. The first-order chi connectivity index (χ1) is 11.1. The highest BCUT2D eigenvalue weighted by molar-refractivity contribution is 5.91. The molecule has 3 rings (SSSR count). The number of hydrogen-bond acceptors (Lipinski definition) is 4. The van der Waals surface area contributed by atoms with E-state index in [9.17, 15) is 9.59 Å². The quantitative estimate of drug-likeness (QED) is 0.723. The summed E-state index contributed by atoms with van der Waals surface area (Å²) in [5.74, 6) is 0.452. The molecule has 1 aromatic heterocycles. The third-order valence-corrected chi connectivity index (χ3v) is 3.76. The highest BCUT2D eigenvalue weighted by atomic mass is 16.5. The fourth-order valence-electron chi connectivity index (χ4n) is 2.63. The van der Waals surface area contributed by atoms with Crippen LogP contribution in [0.1, 0.15) is 16.8 Å². The number of methoxy groups -OCH3 is 1. The van der Waals surface area contributed by atoms with E-state index in [1.54, 1.807) is 25.3 Å². The summed E-state index contributed by atoms with van der Waals surface area (Å²) in [6, 6.07) is 12.5. The van der Waals surface area contributed by atoms with Crippen molar-refractivity contribution >= 4 is 22.6 Å². The Balaban J connectivity index is 1.88. The molecular weight excluding hydrogens is 294 g/mol. The van der Waals surface area contributed by atoms with Crippen molar-refractivity contribution in [2.75, 3.05) is 12.8 Å². The molecule has 0 amide bonds. The number of nitrogens with zero attached hydrogens (tertiary/aromatic N) is 1. The second kappa shape index (κ2) is 6.00. The number of carbonyl (C=O) groups excluding carboxylic acids is 1. The summed E-state index contributed by atoms with van der Waals surface area (Å²) in [6.45, 7) is 0. The van der Waals surface area contributed by atoms with Crippen LogP contribution < -0.4 is 16.2 Å². The first-order valence-corrected chi connectivity index (χ1v) is 7.25. The summed E-state index contributed by atoms with van der Waals surface area (Å²) in [4.78, 5) is 27.2. The number of imidazole rings is 1. The molecule has 0 bridgehead atoms. The molecule has 0 unspecified atom stereocenters. The van der Waals surface area contributed by atoms with Crippen LogP contribution in [0.5, 0.6) is 5.75 Å². The van der Waals surface area contributed by atoms with Crippen LogP contribution >= 0.6 is 0 Å². The normalized spacial score (nSPS) is 10.8. The Morgan fingerprint density at radius 3 is 2.83 bits per heavy atom. The molecule has 6 heteroatoms. The molecule has 0 aliphatic rings. The van der Waals surface area contributed by atoms with E-state index in [0.717, 1.165) is 15.9 Å². The minimum Gasteiger partial charge on any atom is -0.496 e. The van der Waals surface area contributed by atoms with Gasteiger partial charge in [-0.15, -0.1) is 0 Å². The molecule has 0 aliphatic carbocycles. The van der Waals surface area contributed by atoms with Gasteiger partial charge >= 0.3 is 5.69 Å². The SMILES string of the molecule is COc1ccccc1CCC(=O)n1c(=O)[nH]c2ccc(N)cc21. The van der Waals surface area contributed by atoms with Crippen molar-refractivity contribution in [3.63, 3.8) is 0 Å².